The summed E-state index contributed by atoms with van der Waals surface area (Å²) in [7, 11) is 1.44. The third-order valence-corrected chi connectivity index (χ3v) is 2.00. The summed E-state index contributed by atoms with van der Waals surface area (Å²) >= 11 is 0. The molecular weight excluding hydrogens is 181 g/mol. The van der Waals surface area contributed by atoms with Crippen molar-refractivity contribution in [2.24, 2.45) is 5.16 Å². The summed E-state index contributed by atoms with van der Waals surface area (Å²) < 4.78 is 13.4. The molecule has 0 aliphatic heterocycles. The molecule has 0 N–H and O–H groups in total. The number of nitrogens with zero attached hydrogens (tertiary/aromatic N) is 1. The first-order chi connectivity index (χ1) is 6.66. The summed E-state index contributed by atoms with van der Waals surface area (Å²) in [4.78, 5) is 4.54. The molecule has 14 heavy (non-hydrogen) atoms. The predicted molar refractivity (Wildman–Crippen MR) is 55.1 cm³/mol. The van der Waals surface area contributed by atoms with Gasteiger partial charge in [0.2, 0.25) is 0 Å². The number of hydrogen-bond donors (Lipinski definition) is 0. The molecule has 0 amide bonds. The zero-order valence-electron chi connectivity index (χ0n) is 8.62. The van der Waals surface area contributed by atoms with E-state index in [1.165, 1.54) is 19.4 Å². The Kier molecular flexibility index (Phi) is 3.63. The van der Waals surface area contributed by atoms with E-state index in [1.54, 1.807) is 6.07 Å². The number of benzene rings is 1. The van der Waals surface area contributed by atoms with E-state index in [2.05, 4.69) is 9.99 Å². The highest BCUT2D eigenvalue weighted by atomic mass is 19.1. The molecule has 0 aromatic heterocycles. The SMILES string of the molecule is CON=Cc1c(F)cccc1C(C)C. The highest BCUT2D eigenvalue weighted by Gasteiger charge is 2.08. The first-order valence-electron chi connectivity index (χ1n) is 4.51. The van der Waals surface area contributed by atoms with Crippen LogP contribution in [0.3, 0.4) is 0 Å². The van der Waals surface area contributed by atoms with E-state index in [4.69, 9.17) is 0 Å². The molecule has 0 unspecified atom stereocenters. The molecule has 0 aliphatic rings. The van der Waals surface area contributed by atoms with Gasteiger partial charge in [-0.1, -0.05) is 31.1 Å². The Morgan fingerprint density at radius 3 is 2.71 bits per heavy atom. The molecule has 0 radical (unpaired) electrons. The van der Waals surface area contributed by atoms with Gasteiger partial charge in [-0.05, 0) is 17.5 Å². The van der Waals surface area contributed by atoms with Crippen molar-refractivity contribution >= 4 is 6.21 Å². The molecule has 3 heteroatoms. The summed E-state index contributed by atoms with van der Waals surface area (Å²) in [6.07, 6.45) is 1.41. The Morgan fingerprint density at radius 1 is 1.43 bits per heavy atom. The van der Waals surface area contributed by atoms with Crippen LogP contribution in [0, 0.1) is 5.82 Å². The van der Waals surface area contributed by atoms with Crippen LogP contribution in [0.15, 0.2) is 23.4 Å². The highest BCUT2D eigenvalue weighted by molar-refractivity contribution is 5.82. The van der Waals surface area contributed by atoms with Crippen molar-refractivity contribution in [2.75, 3.05) is 7.11 Å². The average Bonchev–Trinajstić information content (AvgIpc) is 2.15. The lowest BCUT2D eigenvalue weighted by atomic mass is 9.97. The smallest absolute Gasteiger partial charge is 0.132 e. The van der Waals surface area contributed by atoms with Gasteiger partial charge in [0.1, 0.15) is 12.9 Å². The van der Waals surface area contributed by atoms with Crippen molar-refractivity contribution in [3.8, 4) is 0 Å². The summed E-state index contributed by atoms with van der Waals surface area (Å²) in [5.41, 5.74) is 1.44. The van der Waals surface area contributed by atoms with Crippen LogP contribution in [-0.2, 0) is 4.84 Å². The first kappa shape index (κ1) is 10.7. The quantitative estimate of drug-likeness (QED) is 0.536. The van der Waals surface area contributed by atoms with E-state index in [-0.39, 0.29) is 11.7 Å². The molecule has 0 fully saturated rings. The Morgan fingerprint density at radius 2 is 2.14 bits per heavy atom. The molecule has 1 aromatic rings. The fourth-order valence-electron chi connectivity index (χ4n) is 1.30. The van der Waals surface area contributed by atoms with Gasteiger partial charge >= 0.3 is 0 Å². The van der Waals surface area contributed by atoms with E-state index >= 15 is 0 Å². The zero-order valence-corrected chi connectivity index (χ0v) is 8.62. The van der Waals surface area contributed by atoms with Crippen molar-refractivity contribution < 1.29 is 9.23 Å². The van der Waals surface area contributed by atoms with Gasteiger partial charge in [0.15, 0.2) is 0 Å². The molecule has 0 aliphatic carbocycles. The normalized spacial score (nSPS) is 11.2. The van der Waals surface area contributed by atoms with Gasteiger partial charge < -0.3 is 4.84 Å². The maximum Gasteiger partial charge on any atom is 0.132 e. The van der Waals surface area contributed by atoms with Gasteiger partial charge in [0, 0.05) is 5.56 Å². The van der Waals surface area contributed by atoms with Crippen LogP contribution in [0.4, 0.5) is 4.39 Å². The standard InChI is InChI=1S/C11H14FNO/c1-8(2)9-5-4-6-11(12)10(9)7-13-14-3/h4-8H,1-3H3. The molecule has 76 valence electrons. The van der Waals surface area contributed by atoms with Crippen LogP contribution in [0.5, 0.6) is 0 Å². The Bertz CT molecular complexity index is 334. The average molecular weight is 195 g/mol. The van der Waals surface area contributed by atoms with Gasteiger partial charge in [-0.25, -0.2) is 4.39 Å². The monoisotopic (exact) mass is 195 g/mol. The van der Waals surface area contributed by atoms with Gasteiger partial charge in [-0.2, -0.15) is 0 Å². The summed E-state index contributed by atoms with van der Waals surface area (Å²) in [5.74, 6) is 0.000932. The molecule has 0 bridgehead atoms. The first-order valence-corrected chi connectivity index (χ1v) is 4.51. The van der Waals surface area contributed by atoms with Crippen molar-refractivity contribution in [3.63, 3.8) is 0 Å². The van der Waals surface area contributed by atoms with Crippen molar-refractivity contribution in [1.29, 1.82) is 0 Å². The van der Waals surface area contributed by atoms with E-state index in [1.807, 2.05) is 19.9 Å². The minimum Gasteiger partial charge on any atom is -0.399 e. The Balaban J connectivity index is 3.15. The molecule has 0 saturated heterocycles. The second-order valence-electron chi connectivity index (χ2n) is 3.31. The number of halogens is 1. The fraction of sp³-hybridized carbons (Fsp3) is 0.364. The molecular formula is C11H14FNO. The molecule has 0 spiro atoms. The molecule has 1 rings (SSSR count). The minimum atomic E-state index is -0.267. The van der Waals surface area contributed by atoms with Crippen LogP contribution in [0.25, 0.3) is 0 Å². The topological polar surface area (TPSA) is 21.6 Å². The zero-order chi connectivity index (χ0) is 10.6. The van der Waals surface area contributed by atoms with E-state index < -0.39 is 0 Å². The lowest BCUT2D eigenvalue weighted by molar-refractivity contribution is 0.215. The van der Waals surface area contributed by atoms with E-state index in [0.717, 1.165) is 5.56 Å². The van der Waals surface area contributed by atoms with Crippen LogP contribution in [0.2, 0.25) is 0 Å². The van der Waals surface area contributed by atoms with E-state index in [9.17, 15) is 4.39 Å². The molecule has 0 heterocycles. The van der Waals surface area contributed by atoms with Gasteiger partial charge in [-0.3, -0.25) is 0 Å². The van der Waals surface area contributed by atoms with Crippen molar-refractivity contribution in [1.82, 2.24) is 0 Å². The van der Waals surface area contributed by atoms with Gasteiger partial charge in [-0.15, -0.1) is 0 Å². The lowest BCUT2D eigenvalue weighted by Crippen LogP contribution is -1.99. The van der Waals surface area contributed by atoms with Crippen LogP contribution >= 0.6 is 0 Å². The van der Waals surface area contributed by atoms with Crippen LogP contribution in [-0.4, -0.2) is 13.3 Å². The molecule has 1 aromatic carbocycles. The van der Waals surface area contributed by atoms with Gasteiger partial charge in [0.05, 0.1) is 6.21 Å². The lowest BCUT2D eigenvalue weighted by Gasteiger charge is -2.09. The summed E-state index contributed by atoms with van der Waals surface area (Å²) in [5, 5.41) is 3.58. The Labute approximate surface area is 83.4 Å². The number of oxime groups is 1. The summed E-state index contributed by atoms with van der Waals surface area (Å²) in [6.45, 7) is 4.03. The number of hydrogen-bond acceptors (Lipinski definition) is 2. The Hall–Kier alpha value is -1.38. The van der Waals surface area contributed by atoms with E-state index in [0.29, 0.717) is 5.56 Å². The second kappa shape index (κ2) is 4.74. The maximum atomic E-state index is 13.4. The molecule has 0 atom stereocenters. The largest absolute Gasteiger partial charge is 0.399 e. The van der Waals surface area contributed by atoms with Crippen LogP contribution in [0.1, 0.15) is 30.9 Å². The highest BCUT2D eigenvalue weighted by Crippen LogP contribution is 2.20. The number of rotatable bonds is 3. The van der Waals surface area contributed by atoms with Crippen molar-refractivity contribution in [3.05, 3.63) is 35.1 Å². The minimum absolute atomic E-state index is 0.267. The second-order valence-corrected chi connectivity index (χ2v) is 3.31. The van der Waals surface area contributed by atoms with Gasteiger partial charge in [0.25, 0.3) is 0 Å². The third-order valence-electron chi connectivity index (χ3n) is 2.00. The van der Waals surface area contributed by atoms with Crippen molar-refractivity contribution in [2.45, 2.75) is 19.8 Å². The van der Waals surface area contributed by atoms with Crippen LogP contribution < -0.4 is 0 Å². The molecule has 0 saturated carbocycles. The third kappa shape index (κ3) is 2.31. The summed E-state index contributed by atoms with van der Waals surface area (Å²) in [6, 6.07) is 5.02. The predicted octanol–water partition coefficient (Wildman–Crippen LogP) is 2.93. The fourth-order valence-corrected chi connectivity index (χ4v) is 1.30. The maximum absolute atomic E-state index is 13.4. The molecule has 2 nitrogen and oxygen atoms in total.